The van der Waals surface area contributed by atoms with Gasteiger partial charge in [-0.2, -0.15) is 5.10 Å². The van der Waals surface area contributed by atoms with Crippen molar-refractivity contribution in [2.45, 2.75) is 25.9 Å². The van der Waals surface area contributed by atoms with E-state index in [1.165, 1.54) is 23.0 Å². The lowest BCUT2D eigenvalue weighted by molar-refractivity contribution is 0.117. The van der Waals surface area contributed by atoms with Gasteiger partial charge < -0.3 is 4.74 Å². The lowest BCUT2D eigenvalue weighted by atomic mass is 10.1. The van der Waals surface area contributed by atoms with Gasteiger partial charge in [0.1, 0.15) is 5.82 Å². The zero-order chi connectivity index (χ0) is 18.6. The molecule has 0 radical (unpaired) electrons. The lowest BCUT2D eigenvalue weighted by Crippen LogP contribution is -2.17. The number of benzene rings is 1. The predicted octanol–water partition coefficient (Wildman–Crippen LogP) is 4.69. The topological polar surface area (TPSA) is 38.9 Å². The van der Waals surface area contributed by atoms with Crippen molar-refractivity contribution >= 4 is 28.9 Å². The molecular formula is C20H20FN3OS2. The highest BCUT2D eigenvalue weighted by Crippen LogP contribution is 2.23. The zero-order valence-electron chi connectivity index (χ0n) is 15.0. The number of aromatic nitrogens is 1. The Labute approximate surface area is 165 Å². The van der Waals surface area contributed by atoms with Gasteiger partial charge in [-0.05, 0) is 48.9 Å². The van der Waals surface area contributed by atoms with E-state index in [1.54, 1.807) is 28.1 Å². The number of thiophene rings is 1. The lowest BCUT2D eigenvalue weighted by Gasteiger charge is -2.06. The fourth-order valence-corrected chi connectivity index (χ4v) is 4.59. The Morgan fingerprint density at radius 1 is 1.30 bits per heavy atom. The van der Waals surface area contributed by atoms with Gasteiger partial charge in [0.05, 0.1) is 29.4 Å². The minimum Gasteiger partial charge on any atom is -0.376 e. The third kappa shape index (κ3) is 4.10. The van der Waals surface area contributed by atoms with Gasteiger partial charge in [-0.3, -0.25) is 4.99 Å². The van der Waals surface area contributed by atoms with Crippen LogP contribution in [0.25, 0.3) is 11.3 Å². The smallest absolute Gasteiger partial charge is 0.206 e. The Balaban J connectivity index is 1.75. The Kier molecular flexibility index (Phi) is 5.61. The molecular weight excluding hydrogens is 381 g/mol. The monoisotopic (exact) mass is 401 g/mol. The molecule has 27 heavy (non-hydrogen) atoms. The summed E-state index contributed by atoms with van der Waals surface area (Å²) in [4.78, 5) is 6.54. The molecule has 4 nitrogen and oxygen atoms in total. The van der Waals surface area contributed by atoms with Crippen LogP contribution in [0.5, 0.6) is 0 Å². The highest BCUT2D eigenvalue weighted by Gasteiger charge is 2.16. The van der Waals surface area contributed by atoms with Crippen LogP contribution < -0.4 is 4.80 Å². The molecule has 3 aromatic rings. The van der Waals surface area contributed by atoms with Crippen LogP contribution in [0.1, 0.15) is 23.3 Å². The van der Waals surface area contributed by atoms with Crippen LogP contribution in [0.4, 0.5) is 4.39 Å². The van der Waals surface area contributed by atoms with Gasteiger partial charge in [-0.1, -0.05) is 12.1 Å². The molecule has 4 rings (SSSR count). The maximum absolute atomic E-state index is 14.4. The summed E-state index contributed by atoms with van der Waals surface area (Å²) in [6.07, 6.45) is 4.11. The first kappa shape index (κ1) is 18.3. The molecule has 1 atom stereocenters. The van der Waals surface area contributed by atoms with E-state index in [1.807, 2.05) is 23.0 Å². The molecule has 0 saturated carbocycles. The van der Waals surface area contributed by atoms with E-state index in [9.17, 15) is 4.39 Å². The molecule has 140 valence electrons. The quantitative estimate of drug-likeness (QED) is 0.572. The van der Waals surface area contributed by atoms with Crippen molar-refractivity contribution in [3.8, 4) is 11.3 Å². The van der Waals surface area contributed by atoms with Crippen LogP contribution in [-0.2, 0) is 4.74 Å². The Morgan fingerprint density at radius 2 is 2.19 bits per heavy atom. The van der Waals surface area contributed by atoms with Crippen LogP contribution in [0.15, 0.2) is 51.2 Å². The number of aryl methyl sites for hydroxylation is 1. The summed E-state index contributed by atoms with van der Waals surface area (Å²) in [5.74, 6) is -0.266. The van der Waals surface area contributed by atoms with Gasteiger partial charge in [0, 0.05) is 17.6 Å². The number of hydrogen-bond donors (Lipinski definition) is 0. The van der Waals surface area contributed by atoms with Crippen LogP contribution in [0.2, 0.25) is 0 Å². The van der Waals surface area contributed by atoms with Gasteiger partial charge in [-0.25, -0.2) is 9.07 Å². The minimum atomic E-state index is -0.266. The Bertz CT molecular complexity index is 1010. The summed E-state index contributed by atoms with van der Waals surface area (Å²) >= 11 is 3.10. The van der Waals surface area contributed by atoms with Gasteiger partial charge >= 0.3 is 0 Å². The molecule has 2 aromatic heterocycles. The molecule has 1 saturated heterocycles. The van der Waals surface area contributed by atoms with E-state index in [0.717, 1.165) is 29.1 Å². The number of hydrogen-bond acceptors (Lipinski definition) is 5. The van der Waals surface area contributed by atoms with Gasteiger partial charge in [0.15, 0.2) is 0 Å². The first-order valence-electron chi connectivity index (χ1n) is 8.88. The van der Waals surface area contributed by atoms with E-state index in [-0.39, 0.29) is 11.9 Å². The third-order valence-corrected chi connectivity index (χ3v) is 6.29. The summed E-state index contributed by atoms with van der Waals surface area (Å²) in [7, 11) is 0. The molecule has 0 aliphatic carbocycles. The molecule has 1 aliphatic rings. The second-order valence-electron chi connectivity index (χ2n) is 6.38. The molecule has 1 aromatic carbocycles. The summed E-state index contributed by atoms with van der Waals surface area (Å²) in [6.45, 7) is 3.46. The van der Waals surface area contributed by atoms with Crippen molar-refractivity contribution in [1.82, 2.24) is 4.68 Å². The second-order valence-corrected chi connectivity index (χ2v) is 8.17. The molecule has 0 N–H and O–H groups in total. The van der Waals surface area contributed by atoms with Crippen molar-refractivity contribution in [3.63, 3.8) is 0 Å². The first-order chi connectivity index (χ1) is 13.2. The van der Waals surface area contributed by atoms with Gasteiger partial charge in [-0.15, -0.1) is 22.7 Å². The molecule has 0 unspecified atom stereocenters. The zero-order valence-corrected chi connectivity index (χ0v) is 16.6. The second kappa shape index (κ2) is 8.29. The average Bonchev–Trinajstić information content (AvgIpc) is 3.40. The number of ether oxygens (including phenoxy) is 1. The van der Waals surface area contributed by atoms with Gasteiger partial charge in [0.2, 0.25) is 4.80 Å². The van der Waals surface area contributed by atoms with Crippen LogP contribution in [-0.4, -0.2) is 30.1 Å². The number of thiazole rings is 1. The first-order valence-corrected chi connectivity index (χ1v) is 10.6. The van der Waals surface area contributed by atoms with E-state index in [0.29, 0.717) is 17.8 Å². The summed E-state index contributed by atoms with van der Waals surface area (Å²) in [5, 5.41) is 8.59. The van der Waals surface area contributed by atoms with Crippen LogP contribution in [0.3, 0.4) is 0 Å². The van der Waals surface area contributed by atoms with E-state index in [4.69, 9.17) is 9.73 Å². The average molecular weight is 402 g/mol. The summed E-state index contributed by atoms with van der Waals surface area (Å²) in [5.41, 5.74) is 2.40. The van der Waals surface area contributed by atoms with E-state index in [2.05, 4.69) is 18.1 Å². The van der Waals surface area contributed by atoms with E-state index >= 15 is 0 Å². The fraction of sp³-hybridized carbons (Fsp3) is 0.300. The molecule has 3 heterocycles. The van der Waals surface area contributed by atoms with Crippen molar-refractivity contribution in [2.24, 2.45) is 10.1 Å². The number of halogens is 1. The normalized spacial score (nSPS) is 18.0. The van der Waals surface area contributed by atoms with Crippen molar-refractivity contribution in [3.05, 3.63) is 62.2 Å². The number of rotatable bonds is 5. The van der Waals surface area contributed by atoms with Crippen molar-refractivity contribution in [1.29, 1.82) is 0 Å². The largest absolute Gasteiger partial charge is 0.376 e. The maximum atomic E-state index is 14.4. The molecule has 7 heteroatoms. The molecule has 1 aliphatic heterocycles. The molecule has 1 fully saturated rings. The number of nitrogens with zero attached hydrogens (tertiary/aromatic N) is 3. The Hall–Kier alpha value is -2.09. The van der Waals surface area contributed by atoms with Crippen molar-refractivity contribution in [2.75, 3.05) is 13.2 Å². The molecule has 0 bridgehead atoms. The molecule has 0 spiro atoms. The summed E-state index contributed by atoms with van der Waals surface area (Å²) < 4.78 is 21.8. The maximum Gasteiger partial charge on any atom is 0.206 e. The van der Waals surface area contributed by atoms with Gasteiger partial charge in [0.25, 0.3) is 0 Å². The van der Waals surface area contributed by atoms with Crippen LogP contribution in [0, 0.1) is 12.7 Å². The fourth-order valence-electron chi connectivity index (χ4n) is 2.97. The Morgan fingerprint density at radius 3 is 2.93 bits per heavy atom. The highest BCUT2D eigenvalue weighted by molar-refractivity contribution is 7.11. The minimum absolute atomic E-state index is 0.168. The van der Waals surface area contributed by atoms with Crippen LogP contribution >= 0.6 is 22.7 Å². The third-order valence-electron chi connectivity index (χ3n) is 4.48. The standard InChI is InChI=1S/C20H20FN3OS2/c1-14-8-10-26-19(14)12-23-24-18(16-6-2-3-7-17(16)21)13-27-20(24)22-11-15-5-4-9-25-15/h2-3,6-8,10,12-13,15H,4-5,9,11H2,1H3/b22-20?,23-12-/t15-/m0/s1. The molecule has 0 amide bonds. The SMILES string of the molecule is Cc1ccsc1/C=N\n1c(-c2ccccc2F)csc1=NC[C@@H]1CCCO1. The highest BCUT2D eigenvalue weighted by atomic mass is 32.1. The predicted molar refractivity (Wildman–Crippen MR) is 109 cm³/mol. The van der Waals surface area contributed by atoms with Crippen molar-refractivity contribution < 1.29 is 9.13 Å². The van der Waals surface area contributed by atoms with E-state index < -0.39 is 0 Å². The summed E-state index contributed by atoms with van der Waals surface area (Å²) in [6, 6.07) is 8.81.